The number of aromatic amines is 1. The molecule has 0 saturated heterocycles. The van der Waals surface area contributed by atoms with Crippen molar-refractivity contribution in [3.8, 4) is 0 Å². The van der Waals surface area contributed by atoms with E-state index in [-0.39, 0.29) is 12.1 Å². The number of nitrogens with zero attached hydrogens (tertiary/aromatic N) is 2. The second-order valence-electron chi connectivity index (χ2n) is 5.60. The predicted octanol–water partition coefficient (Wildman–Crippen LogP) is 2.08. The number of nitrogens with one attached hydrogen (secondary N) is 1. The van der Waals surface area contributed by atoms with Gasteiger partial charge in [-0.2, -0.15) is 0 Å². The van der Waals surface area contributed by atoms with Gasteiger partial charge in [-0.05, 0) is 24.6 Å². The molecular formula is C17H16FN3O3. The highest BCUT2D eigenvalue weighted by molar-refractivity contribution is 6.08. The Morgan fingerprint density at radius 1 is 1.46 bits per heavy atom. The number of hydrogen-bond donors (Lipinski definition) is 2. The van der Waals surface area contributed by atoms with Crippen molar-refractivity contribution in [2.75, 3.05) is 6.54 Å². The molecule has 124 valence electrons. The fourth-order valence-corrected chi connectivity index (χ4v) is 2.93. The van der Waals surface area contributed by atoms with Crippen LogP contribution in [0.15, 0.2) is 48.1 Å². The van der Waals surface area contributed by atoms with Gasteiger partial charge >= 0.3 is 0 Å². The average molecular weight is 329 g/mol. The summed E-state index contributed by atoms with van der Waals surface area (Å²) in [4.78, 5) is 32.6. The van der Waals surface area contributed by atoms with Crippen molar-refractivity contribution in [1.82, 2.24) is 14.9 Å². The topological polar surface area (TPSA) is 86.3 Å². The lowest BCUT2D eigenvalue weighted by molar-refractivity contribution is -0.129. The molecule has 2 N–H and O–H groups in total. The summed E-state index contributed by atoms with van der Waals surface area (Å²) in [6, 6.07) is 4.89. The molecule has 24 heavy (non-hydrogen) atoms. The Morgan fingerprint density at radius 2 is 2.25 bits per heavy atom. The van der Waals surface area contributed by atoms with Gasteiger partial charge in [0.25, 0.3) is 5.91 Å². The summed E-state index contributed by atoms with van der Waals surface area (Å²) < 4.78 is 13.6. The summed E-state index contributed by atoms with van der Waals surface area (Å²) in [5, 5.41) is 10.1. The number of halogens is 1. The first-order valence-corrected chi connectivity index (χ1v) is 7.46. The highest BCUT2D eigenvalue weighted by Crippen LogP contribution is 2.37. The maximum absolute atomic E-state index is 13.6. The number of aliphatic hydroxyl groups excluding tert-OH is 1. The van der Waals surface area contributed by atoms with Crippen LogP contribution in [0.25, 0.3) is 0 Å². The first-order chi connectivity index (χ1) is 11.5. The monoisotopic (exact) mass is 329 g/mol. The number of rotatable bonds is 5. The maximum atomic E-state index is 13.6. The Hall–Kier alpha value is -2.96. The van der Waals surface area contributed by atoms with E-state index in [1.54, 1.807) is 12.3 Å². The van der Waals surface area contributed by atoms with Crippen LogP contribution in [0.2, 0.25) is 0 Å². The molecule has 1 amide bonds. The molecule has 6 nitrogen and oxygen atoms in total. The van der Waals surface area contributed by atoms with Gasteiger partial charge < -0.3 is 15.0 Å². The molecule has 2 aromatic rings. The summed E-state index contributed by atoms with van der Waals surface area (Å²) in [5.41, 5.74) is 1.26. The molecule has 1 aromatic carbocycles. The minimum absolute atomic E-state index is 0.00443. The Bertz CT molecular complexity index is 814. The highest BCUT2D eigenvalue weighted by Gasteiger charge is 2.42. The normalized spacial score (nSPS) is 17.7. The van der Waals surface area contributed by atoms with Crippen LogP contribution in [0, 0.1) is 5.82 Å². The molecule has 0 aliphatic carbocycles. The largest absolute Gasteiger partial charge is 0.503 e. The van der Waals surface area contributed by atoms with Gasteiger partial charge in [0.05, 0.1) is 17.9 Å². The Balaban J connectivity index is 1.96. The predicted molar refractivity (Wildman–Crippen MR) is 83.5 cm³/mol. The molecule has 1 aliphatic heterocycles. The van der Waals surface area contributed by atoms with Gasteiger partial charge in [-0.1, -0.05) is 12.1 Å². The van der Waals surface area contributed by atoms with Crippen molar-refractivity contribution in [2.45, 2.75) is 19.4 Å². The summed E-state index contributed by atoms with van der Waals surface area (Å²) in [6.45, 7) is 1.53. The highest BCUT2D eigenvalue weighted by atomic mass is 19.1. The zero-order chi connectivity index (χ0) is 17.3. The van der Waals surface area contributed by atoms with E-state index < -0.39 is 29.3 Å². The number of ketones is 1. The molecule has 0 bridgehead atoms. The van der Waals surface area contributed by atoms with Crippen LogP contribution in [-0.4, -0.2) is 38.2 Å². The number of imidazole rings is 1. The van der Waals surface area contributed by atoms with Gasteiger partial charge in [-0.25, -0.2) is 9.37 Å². The summed E-state index contributed by atoms with van der Waals surface area (Å²) >= 11 is 0. The van der Waals surface area contributed by atoms with Crippen LogP contribution >= 0.6 is 0 Å². The van der Waals surface area contributed by atoms with E-state index in [1.165, 1.54) is 36.4 Å². The number of aromatic nitrogens is 2. The van der Waals surface area contributed by atoms with E-state index in [2.05, 4.69) is 9.97 Å². The number of carbonyl (C=O) groups is 2. The minimum Gasteiger partial charge on any atom is -0.503 e. The third-order valence-electron chi connectivity index (χ3n) is 4.02. The Kier molecular flexibility index (Phi) is 4.16. The molecule has 0 radical (unpaired) electrons. The SMILES string of the molecule is CC(=O)C1=C(O)C(=O)N(CCc2cnc[nH]2)[C@H]1c1cccc(F)c1. The number of benzene rings is 1. The van der Waals surface area contributed by atoms with Crippen molar-refractivity contribution in [1.29, 1.82) is 0 Å². The van der Waals surface area contributed by atoms with Crippen molar-refractivity contribution < 1.29 is 19.1 Å². The molecule has 1 aliphatic rings. The standard InChI is InChI=1S/C17H16FN3O3/c1-10(22)14-15(11-3-2-4-12(18)7-11)21(17(24)16(14)23)6-5-13-8-19-9-20-13/h2-4,7-9,15,23H,5-6H2,1H3,(H,19,20)/t15-/m0/s1. The molecule has 0 saturated carbocycles. The average Bonchev–Trinajstić information content (AvgIpc) is 3.13. The van der Waals surface area contributed by atoms with Crippen LogP contribution < -0.4 is 0 Å². The Morgan fingerprint density at radius 3 is 2.88 bits per heavy atom. The minimum atomic E-state index is -0.798. The van der Waals surface area contributed by atoms with Gasteiger partial charge in [-0.15, -0.1) is 0 Å². The smallest absolute Gasteiger partial charge is 0.290 e. The number of aliphatic hydroxyl groups is 1. The summed E-state index contributed by atoms with van der Waals surface area (Å²) in [7, 11) is 0. The molecule has 2 heterocycles. The molecule has 1 atom stereocenters. The fourth-order valence-electron chi connectivity index (χ4n) is 2.93. The second kappa shape index (κ2) is 6.27. The number of carbonyl (C=O) groups excluding carboxylic acids is 2. The van der Waals surface area contributed by atoms with Crippen LogP contribution in [0.3, 0.4) is 0 Å². The molecule has 7 heteroatoms. The van der Waals surface area contributed by atoms with Crippen LogP contribution in [0.5, 0.6) is 0 Å². The molecule has 1 aromatic heterocycles. The van der Waals surface area contributed by atoms with Crippen molar-refractivity contribution in [3.05, 3.63) is 65.2 Å². The maximum Gasteiger partial charge on any atom is 0.290 e. The number of H-pyrrole nitrogens is 1. The molecule has 0 unspecified atom stereocenters. The van der Waals surface area contributed by atoms with Gasteiger partial charge in [0.15, 0.2) is 11.5 Å². The lowest BCUT2D eigenvalue weighted by atomic mass is 9.96. The van der Waals surface area contributed by atoms with Gasteiger partial charge in [0.2, 0.25) is 0 Å². The fraction of sp³-hybridized carbons (Fsp3) is 0.235. The zero-order valence-electron chi connectivity index (χ0n) is 13.0. The van der Waals surface area contributed by atoms with E-state index in [4.69, 9.17) is 0 Å². The number of hydrogen-bond acceptors (Lipinski definition) is 4. The first kappa shape index (κ1) is 15.9. The van der Waals surface area contributed by atoms with E-state index in [9.17, 15) is 19.1 Å². The van der Waals surface area contributed by atoms with Gasteiger partial charge in [0.1, 0.15) is 5.82 Å². The van der Waals surface area contributed by atoms with E-state index in [1.807, 2.05) is 0 Å². The van der Waals surface area contributed by atoms with Gasteiger partial charge in [-0.3, -0.25) is 9.59 Å². The third-order valence-corrected chi connectivity index (χ3v) is 4.02. The molecular weight excluding hydrogens is 313 g/mol. The van der Waals surface area contributed by atoms with Crippen LogP contribution in [0.1, 0.15) is 24.2 Å². The quantitative estimate of drug-likeness (QED) is 0.879. The Labute approximate surface area is 137 Å². The van der Waals surface area contributed by atoms with E-state index in [0.29, 0.717) is 12.0 Å². The zero-order valence-corrected chi connectivity index (χ0v) is 13.0. The first-order valence-electron chi connectivity index (χ1n) is 7.46. The summed E-state index contributed by atoms with van der Waals surface area (Å²) in [6.07, 6.45) is 3.63. The van der Waals surface area contributed by atoms with Crippen LogP contribution in [0.4, 0.5) is 4.39 Å². The third kappa shape index (κ3) is 2.80. The second-order valence-corrected chi connectivity index (χ2v) is 5.60. The number of amides is 1. The molecule has 0 spiro atoms. The molecule has 3 rings (SSSR count). The molecule has 0 fully saturated rings. The van der Waals surface area contributed by atoms with E-state index in [0.717, 1.165) is 5.69 Å². The van der Waals surface area contributed by atoms with Crippen molar-refractivity contribution in [2.24, 2.45) is 0 Å². The van der Waals surface area contributed by atoms with Gasteiger partial charge in [0, 0.05) is 24.9 Å². The van der Waals surface area contributed by atoms with Crippen molar-refractivity contribution >= 4 is 11.7 Å². The van der Waals surface area contributed by atoms with Crippen LogP contribution in [-0.2, 0) is 16.0 Å². The number of Topliss-reactive ketones (excluding diaryl/α,β-unsaturated/α-hetero) is 1. The lowest BCUT2D eigenvalue weighted by Gasteiger charge is -2.26. The summed E-state index contributed by atoms with van der Waals surface area (Å²) in [5.74, 6) is -2.09. The lowest BCUT2D eigenvalue weighted by Crippen LogP contribution is -2.33. The van der Waals surface area contributed by atoms with E-state index >= 15 is 0 Å². The van der Waals surface area contributed by atoms with Crippen molar-refractivity contribution in [3.63, 3.8) is 0 Å².